The molecule has 0 saturated heterocycles. The summed E-state index contributed by atoms with van der Waals surface area (Å²) in [6.07, 6.45) is -4.38. The molecule has 3 aromatic rings. The van der Waals surface area contributed by atoms with Gasteiger partial charge in [0, 0.05) is 23.0 Å². The molecule has 0 aliphatic rings. The second-order valence-electron chi connectivity index (χ2n) is 7.76. The fourth-order valence-corrected chi connectivity index (χ4v) is 3.82. The van der Waals surface area contributed by atoms with Gasteiger partial charge in [-0.05, 0) is 47.2 Å². The van der Waals surface area contributed by atoms with Gasteiger partial charge in [0.15, 0.2) is 5.60 Å². The van der Waals surface area contributed by atoms with Gasteiger partial charge in [0.05, 0.1) is 5.52 Å². The highest BCUT2D eigenvalue weighted by molar-refractivity contribution is 6.30. The van der Waals surface area contributed by atoms with Crippen LogP contribution in [-0.4, -0.2) is 21.9 Å². The van der Waals surface area contributed by atoms with Crippen molar-refractivity contribution in [3.63, 3.8) is 0 Å². The Morgan fingerprint density at radius 3 is 2.39 bits per heavy atom. The molecule has 0 fully saturated rings. The lowest BCUT2D eigenvalue weighted by Crippen LogP contribution is -2.50. The molecular formula is C22H21ClF3NO. The number of rotatable bonds is 5. The highest BCUT2D eigenvalue weighted by atomic mass is 35.5. The number of para-hydroxylation sites is 1. The zero-order valence-electron chi connectivity index (χ0n) is 15.6. The van der Waals surface area contributed by atoms with E-state index in [1.54, 1.807) is 62.4 Å². The molecule has 1 N–H and O–H groups in total. The van der Waals surface area contributed by atoms with E-state index in [1.165, 1.54) is 12.3 Å². The number of aliphatic hydroxyl groups is 1. The number of pyridine rings is 1. The summed E-state index contributed by atoms with van der Waals surface area (Å²) in [5, 5.41) is 11.9. The Bertz CT molecular complexity index is 981. The summed E-state index contributed by atoms with van der Waals surface area (Å²) in [6, 6.07) is 15.2. The summed E-state index contributed by atoms with van der Waals surface area (Å²) in [5.74, 6) is 0. The summed E-state index contributed by atoms with van der Waals surface area (Å²) in [7, 11) is 0. The number of fused-ring (bicyclic) bond motifs is 1. The second kappa shape index (κ2) is 7.37. The molecule has 2 aromatic carbocycles. The molecule has 0 aliphatic heterocycles. The fraction of sp³-hybridized carbons (Fsp3) is 0.318. The quantitative estimate of drug-likeness (QED) is 0.555. The molecule has 148 valence electrons. The Morgan fingerprint density at radius 1 is 1.00 bits per heavy atom. The summed E-state index contributed by atoms with van der Waals surface area (Å²) in [5.41, 5.74) is -2.20. The average Bonchev–Trinajstić information content (AvgIpc) is 2.61. The minimum Gasteiger partial charge on any atom is -0.380 e. The lowest BCUT2D eigenvalue weighted by Gasteiger charge is -2.38. The van der Waals surface area contributed by atoms with Crippen molar-refractivity contribution in [1.82, 2.24) is 4.98 Å². The Morgan fingerprint density at radius 2 is 1.71 bits per heavy atom. The summed E-state index contributed by atoms with van der Waals surface area (Å²) >= 11 is 6.02. The van der Waals surface area contributed by atoms with Crippen molar-refractivity contribution in [3.8, 4) is 0 Å². The van der Waals surface area contributed by atoms with Crippen LogP contribution in [0.3, 0.4) is 0 Å². The van der Waals surface area contributed by atoms with Gasteiger partial charge in [-0.25, -0.2) is 0 Å². The van der Waals surface area contributed by atoms with Crippen LogP contribution in [0.25, 0.3) is 10.9 Å². The molecular weight excluding hydrogens is 387 g/mol. The van der Waals surface area contributed by atoms with Crippen molar-refractivity contribution in [3.05, 3.63) is 76.9 Å². The van der Waals surface area contributed by atoms with Crippen LogP contribution in [-0.2, 0) is 11.8 Å². The minimum absolute atomic E-state index is 0.410. The summed E-state index contributed by atoms with van der Waals surface area (Å²) < 4.78 is 42.1. The fourth-order valence-electron chi connectivity index (χ4n) is 3.63. The molecule has 0 aliphatic carbocycles. The van der Waals surface area contributed by atoms with Gasteiger partial charge < -0.3 is 5.11 Å². The van der Waals surface area contributed by atoms with Gasteiger partial charge in [0.1, 0.15) is 0 Å². The van der Waals surface area contributed by atoms with Crippen LogP contribution >= 0.6 is 11.6 Å². The number of nitrogens with zero attached hydrogens (tertiary/aromatic N) is 1. The largest absolute Gasteiger partial charge is 0.417 e. The maximum Gasteiger partial charge on any atom is 0.417 e. The number of hydrogen-bond acceptors (Lipinski definition) is 2. The standard InChI is InChI=1S/C22H21ClF3NO/c1-20(2,16-6-5-7-17(23)12-16)14-21(28,22(24,25)26)13-15-10-11-27-19-9-4-3-8-18(15)19/h3-12,28H,13-14H2,1-2H3. The van der Waals surface area contributed by atoms with E-state index < -0.39 is 30.0 Å². The normalized spacial score (nSPS) is 14.8. The van der Waals surface area contributed by atoms with Crippen molar-refractivity contribution >= 4 is 22.5 Å². The molecule has 0 bridgehead atoms. The van der Waals surface area contributed by atoms with Gasteiger partial charge in [0.2, 0.25) is 0 Å². The molecule has 0 spiro atoms. The van der Waals surface area contributed by atoms with Crippen molar-refractivity contribution in [2.45, 2.75) is 43.9 Å². The van der Waals surface area contributed by atoms with Crippen LogP contribution in [0.4, 0.5) is 13.2 Å². The molecule has 1 unspecified atom stereocenters. The lowest BCUT2D eigenvalue weighted by atomic mass is 9.73. The average molecular weight is 408 g/mol. The minimum atomic E-state index is -4.80. The molecule has 3 rings (SSSR count). The zero-order valence-corrected chi connectivity index (χ0v) is 16.3. The van der Waals surface area contributed by atoms with E-state index in [4.69, 9.17) is 11.6 Å². The molecule has 1 aromatic heterocycles. The van der Waals surface area contributed by atoms with Gasteiger partial charge in [-0.1, -0.05) is 55.8 Å². The third kappa shape index (κ3) is 4.15. The maximum absolute atomic E-state index is 14.0. The Labute approximate surface area is 167 Å². The number of aromatic nitrogens is 1. The molecule has 0 amide bonds. The predicted octanol–water partition coefficient (Wildman–Crippen LogP) is 6.09. The highest BCUT2D eigenvalue weighted by Crippen LogP contribution is 2.43. The third-order valence-electron chi connectivity index (χ3n) is 5.09. The SMILES string of the molecule is CC(C)(CC(O)(Cc1ccnc2ccccc12)C(F)(F)F)c1cccc(Cl)c1. The monoisotopic (exact) mass is 407 g/mol. The summed E-state index contributed by atoms with van der Waals surface area (Å²) in [6.45, 7) is 3.36. The van der Waals surface area contributed by atoms with Crippen molar-refractivity contribution < 1.29 is 18.3 Å². The number of alkyl halides is 3. The van der Waals surface area contributed by atoms with Crippen LogP contribution in [0.2, 0.25) is 5.02 Å². The van der Waals surface area contributed by atoms with Crippen molar-refractivity contribution in [1.29, 1.82) is 0 Å². The molecule has 6 heteroatoms. The first-order valence-corrected chi connectivity index (χ1v) is 9.27. The van der Waals surface area contributed by atoms with Gasteiger partial charge in [-0.3, -0.25) is 4.98 Å². The van der Waals surface area contributed by atoms with Crippen LogP contribution in [0.1, 0.15) is 31.4 Å². The van der Waals surface area contributed by atoms with E-state index >= 15 is 0 Å². The molecule has 1 heterocycles. The Kier molecular flexibility index (Phi) is 5.43. The molecule has 28 heavy (non-hydrogen) atoms. The molecule has 0 saturated carbocycles. The Balaban J connectivity index is 2.01. The van der Waals surface area contributed by atoms with E-state index in [0.717, 1.165) is 0 Å². The lowest BCUT2D eigenvalue weighted by molar-refractivity contribution is -0.266. The van der Waals surface area contributed by atoms with E-state index in [2.05, 4.69) is 4.98 Å². The molecule has 1 atom stereocenters. The van der Waals surface area contributed by atoms with Crippen molar-refractivity contribution in [2.75, 3.05) is 0 Å². The van der Waals surface area contributed by atoms with Gasteiger partial charge in [-0.2, -0.15) is 13.2 Å². The topological polar surface area (TPSA) is 33.1 Å². The number of halogens is 4. The molecule has 2 nitrogen and oxygen atoms in total. The summed E-state index contributed by atoms with van der Waals surface area (Å²) in [4.78, 5) is 4.19. The molecule has 0 radical (unpaired) electrons. The third-order valence-corrected chi connectivity index (χ3v) is 5.33. The first-order chi connectivity index (χ1) is 13.0. The van der Waals surface area contributed by atoms with E-state index in [-0.39, 0.29) is 0 Å². The van der Waals surface area contributed by atoms with Crippen LogP contribution in [0.15, 0.2) is 60.8 Å². The van der Waals surface area contributed by atoms with Crippen LogP contribution in [0, 0.1) is 0 Å². The van der Waals surface area contributed by atoms with Gasteiger partial charge in [-0.15, -0.1) is 0 Å². The van der Waals surface area contributed by atoms with E-state index in [0.29, 0.717) is 27.1 Å². The first-order valence-electron chi connectivity index (χ1n) is 8.90. The van der Waals surface area contributed by atoms with Crippen molar-refractivity contribution in [2.24, 2.45) is 0 Å². The number of hydrogen-bond donors (Lipinski definition) is 1. The smallest absolute Gasteiger partial charge is 0.380 e. The zero-order chi connectivity index (χ0) is 20.6. The predicted molar refractivity (Wildman–Crippen MR) is 106 cm³/mol. The van der Waals surface area contributed by atoms with Gasteiger partial charge >= 0.3 is 6.18 Å². The van der Waals surface area contributed by atoms with Gasteiger partial charge in [0.25, 0.3) is 0 Å². The van der Waals surface area contributed by atoms with E-state index in [9.17, 15) is 18.3 Å². The van der Waals surface area contributed by atoms with Crippen LogP contribution < -0.4 is 0 Å². The number of benzene rings is 2. The highest BCUT2D eigenvalue weighted by Gasteiger charge is 2.55. The Hall–Kier alpha value is -2.11. The van der Waals surface area contributed by atoms with Crippen LogP contribution in [0.5, 0.6) is 0 Å². The first kappa shape index (κ1) is 20.6. The second-order valence-corrected chi connectivity index (χ2v) is 8.20. The van der Waals surface area contributed by atoms with E-state index in [1.807, 2.05) is 0 Å². The maximum atomic E-state index is 14.0.